The van der Waals surface area contributed by atoms with Crippen molar-refractivity contribution in [1.29, 1.82) is 5.26 Å². The van der Waals surface area contributed by atoms with E-state index in [2.05, 4.69) is 17.9 Å². The summed E-state index contributed by atoms with van der Waals surface area (Å²) in [5.41, 5.74) is 0. The standard InChI is InChI=1S/C8H14N2S/c1-2-8-7-10(4-3-9)5-6-11-8/h8H,2,4-7H2,1H3. The fraction of sp³-hybridized carbons (Fsp3) is 0.875. The lowest BCUT2D eigenvalue weighted by Gasteiger charge is -2.29. The SMILES string of the molecule is CCC1CN(CC#N)CCS1. The van der Waals surface area contributed by atoms with E-state index < -0.39 is 0 Å². The fourth-order valence-electron chi connectivity index (χ4n) is 1.27. The summed E-state index contributed by atoms with van der Waals surface area (Å²) in [6.45, 7) is 5.02. The normalized spacial score (nSPS) is 26.4. The number of hydrogen-bond donors (Lipinski definition) is 0. The number of nitriles is 1. The van der Waals surface area contributed by atoms with Crippen LogP contribution in [0.2, 0.25) is 0 Å². The molecule has 1 aliphatic rings. The molecular formula is C8H14N2S. The Hall–Kier alpha value is -0.200. The van der Waals surface area contributed by atoms with Crippen molar-refractivity contribution in [2.45, 2.75) is 18.6 Å². The molecule has 0 radical (unpaired) electrons. The Labute approximate surface area is 72.6 Å². The van der Waals surface area contributed by atoms with Crippen molar-refractivity contribution in [1.82, 2.24) is 4.90 Å². The quantitative estimate of drug-likeness (QED) is 0.585. The van der Waals surface area contributed by atoms with E-state index in [0.29, 0.717) is 6.54 Å². The highest BCUT2D eigenvalue weighted by Gasteiger charge is 2.17. The monoisotopic (exact) mass is 170 g/mol. The molecule has 0 aliphatic carbocycles. The molecule has 0 bridgehead atoms. The van der Waals surface area contributed by atoms with Gasteiger partial charge in [-0.1, -0.05) is 6.92 Å². The summed E-state index contributed by atoms with van der Waals surface area (Å²) >= 11 is 2.04. The van der Waals surface area contributed by atoms with Crippen molar-refractivity contribution >= 4 is 11.8 Å². The van der Waals surface area contributed by atoms with Crippen molar-refractivity contribution in [3.05, 3.63) is 0 Å². The minimum atomic E-state index is 0.608. The van der Waals surface area contributed by atoms with Crippen LogP contribution < -0.4 is 0 Å². The maximum atomic E-state index is 8.48. The first-order chi connectivity index (χ1) is 5.36. The topological polar surface area (TPSA) is 27.0 Å². The minimum Gasteiger partial charge on any atom is -0.289 e. The summed E-state index contributed by atoms with van der Waals surface area (Å²) in [4.78, 5) is 2.24. The summed E-state index contributed by atoms with van der Waals surface area (Å²) in [7, 11) is 0. The molecule has 62 valence electrons. The molecule has 1 aliphatic heterocycles. The van der Waals surface area contributed by atoms with Crippen molar-refractivity contribution in [2.75, 3.05) is 25.4 Å². The van der Waals surface area contributed by atoms with Crippen LogP contribution in [0.25, 0.3) is 0 Å². The molecule has 1 unspecified atom stereocenters. The zero-order chi connectivity index (χ0) is 8.10. The molecule has 0 spiro atoms. The predicted molar refractivity (Wildman–Crippen MR) is 48.6 cm³/mol. The van der Waals surface area contributed by atoms with Gasteiger partial charge in [-0.25, -0.2) is 0 Å². The van der Waals surface area contributed by atoms with E-state index in [1.54, 1.807) is 0 Å². The van der Waals surface area contributed by atoms with Gasteiger partial charge in [-0.3, -0.25) is 4.90 Å². The molecular weight excluding hydrogens is 156 g/mol. The second-order valence-corrected chi connectivity index (χ2v) is 4.20. The smallest absolute Gasteiger partial charge is 0.0866 e. The van der Waals surface area contributed by atoms with Gasteiger partial charge in [-0.15, -0.1) is 0 Å². The van der Waals surface area contributed by atoms with Crippen LogP contribution in [0.15, 0.2) is 0 Å². The molecule has 1 rings (SSSR count). The second kappa shape index (κ2) is 4.63. The van der Waals surface area contributed by atoms with Gasteiger partial charge in [-0.2, -0.15) is 17.0 Å². The van der Waals surface area contributed by atoms with Crippen LogP contribution in [0.4, 0.5) is 0 Å². The summed E-state index contributed by atoms with van der Waals surface area (Å²) in [6.07, 6.45) is 1.23. The largest absolute Gasteiger partial charge is 0.289 e. The van der Waals surface area contributed by atoms with Crippen LogP contribution in [0.5, 0.6) is 0 Å². The molecule has 1 heterocycles. The van der Waals surface area contributed by atoms with E-state index in [1.165, 1.54) is 12.2 Å². The Balaban J connectivity index is 2.28. The molecule has 1 fully saturated rings. The third-order valence-corrected chi connectivity index (χ3v) is 3.34. The maximum Gasteiger partial charge on any atom is 0.0866 e. The Kier molecular flexibility index (Phi) is 3.74. The van der Waals surface area contributed by atoms with Crippen molar-refractivity contribution < 1.29 is 0 Å². The molecule has 1 atom stereocenters. The molecule has 0 aromatic carbocycles. The van der Waals surface area contributed by atoms with Crippen molar-refractivity contribution in [2.24, 2.45) is 0 Å². The number of thioether (sulfide) groups is 1. The van der Waals surface area contributed by atoms with Gasteiger partial charge in [0.2, 0.25) is 0 Å². The van der Waals surface area contributed by atoms with E-state index in [0.717, 1.165) is 18.3 Å². The third kappa shape index (κ3) is 2.72. The van der Waals surface area contributed by atoms with E-state index >= 15 is 0 Å². The molecule has 2 nitrogen and oxygen atoms in total. The Morgan fingerprint density at radius 1 is 1.73 bits per heavy atom. The first-order valence-corrected chi connectivity index (χ1v) is 5.12. The van der Waals surface area contributed by atoms with E-state index in [4.69, 9.17) is 5.26 Å². The molecule has 0 aromatic rings. The molecule has 3 heteroatoms. The number of rotatable bonds is 2. The van der Waals surface area contributed by atoms with Gasteiger partial charge in [0.05, 0.1) is 12.6 Å². The lowest BCUT2D eigenvalue weighted by atomic mass is 10.3. The van der Waals surface area contributed by atoms with Gasteiger partial charge >= 0.3 is 0 Å². The first kappa shape index (κ1) is 8.89. The van der Waals surface area contributed by atoms with Crippen LogP contribution in [0.1, 0.15) is 13.3 Å². The zero-order valence-corrected chi connectivity index (χ0v) is 7.73. The third-order valence-electron chi connectivity index (χ3n) is 1.97. The Morgan fingerprint density at radius 3 is 3.18 bits per heavy atom. The van der Waals surface area contributed by atoms with E-state index in [1.807, 2.05) is 11.8 Å². The van der Waals surface area contributed by atoms with Gasteiger partial charge in [0.15, 0.2) is 0 Å². The summed E-state index contributed by atoms with van der Waals surface area (Å²) in [5, 5.41) is 9.24. The molecule has 0 N–H and O–H groups in total. The van der Waals surface area contributed by atoms with Crippen LogP contribution in [-0.4, -0.2) is 35.5 Å². The minimum absolute atomic E-state index is 0.608. The molecule has 0 amide bonds. The van der Waals surface area contributed by atoms with Gasteiger partial charge in [-0.05, 0) is 6.42 Å². The van der Waals surface area contributed by atoms with Gasteiger partial charge < -0.3 is 0 Å². The number of hydrogen-bond acceptors (Lipinski definition) is 3. The zero-order valence-electron chi connectivity index (χ0n) is 6.92. The average Bonchev–Trinajstić information content (AvgIpc) is 2.06. The second-order valence-electron chi connectivity index (χ2n) is 2.79. The van der Waals surface area contributed by atoms with Crippen LogP contribution in [0.3, 0.4) is 0 Å². The number of nitrogens with zero attached hydrogens (tertiary/aromatic N) is 2. The summed E-state index contributed by atoms with van der Waals surface area (Å²) in [5.74, 6) is 1.19. The molecule has 1 saturated heterocycles. The lowest BCUT2D eigenvalue weighted by Crippen LogP contribution is -2.37. The highest BCUT2D eigenvalue weighted by Crippen LogP contribution is 2.20. The van der Waals surface area contributed by atoms with E-state index in [9.17, 15) is 0 Å². The van der Waals surface area contributed by atoms with Gasteiger partial charge in [0.1, 0.15) is 0 Å². The fourth-order valence-corrected chi connectivity index (χ4v) is 2.52. The van der Waals surface area contributed by atoms with Crippen LogP contribution in [-0.2, 0) is 0 Å². The molecule has 11 heavy (non-hydrogen) atoms. The summed E-state index contributed by atoms with van der Waals surface area (Å²) in [6, 6.07) is 2.20. The van der Waals surface area contributed by atoms with Crippen molar-refractivity contribution in [3.8, 4) is 6.07 Å². The first-order valence-electron chi connectivity index (χ1n) is 4.07. The highest BCUT2D eigenvalue weighted by molar-refractivity contribution is 8.00. The summed E-state index contributed by atoms with van der Waals surface area (Å²) < 4.78 is 0. The van der Waals surface area contributed by atoms with E-state index in [-0.39, 0.29) is 0 Å². The predicted octanol–water partition coefficient (Wildman–Crippen LogP) is 1.34. The Bertz CT molecular complexity index is 153. The highest BCUT2D eigenvalue weighted by atomic mass is 32.2. The molecule has 0 saturated carbocycles. The van der Waals surface area contributed by atoms with Crippen LogP contribution >= 0.6 is 11.8 Å². The lowest BCUT2D eigenvalue weighted by molar-refractivity contribution is 0.314. The Morgan fingerprint density at radius 2 is 2.55 bits per heavy atom. The van der Waals surface area contributed by atoms with Crippen molar-refractivity contribution in [3.63, 3.8) is 0 Å². The van der Waals surface area contributed by atoms with Gasteiger partial charge in [0.25, 0.3) is 0 Å². The average molecular weight is 170 g/mol. The molecule has 0 aromatic heterocycles. The van der Waals surface area contributed by atoms with Gasteiger partial charge in [0, 0.05) is 24.1 Å². The maximum absolute atomic E-state index is 8.48. The van der Waals surface area contributed by atoms with Crippen LogP contribution in [0, 0.1) is 11.3 Å².